The zero-order valence-electron chi connectivity index (χ0n) is 79.2. The Morgan fingerprint density at radius 2 is 0.415 bits per heavy atom. The van der Waals surface area contributed by atoms with Gasteiger partial charge in [0, 0.05) is 34.6 Å². The lowest BCUT2D eigenvalue weighted by molar-refractivity contribution is -0.406. The van der Waals surface area contributed by atoms with Gasteiger partial charge in [-0.3, -0.25) is 24.0 Å². The summed E-state index contributed by atoms with van der Waals surface area (Å²) in [5.74, 6) is -4.93. The second-order valence-electron chi connectivity index (χ2n) is 37.4. The third-order valence-electron chi connectivity index (χ3n) is 27.0. The van der Waals surface area contributed by atoms with Crippen LogP contribution in [0.3, 0.4) is 0 Å². The maximum Gasteiger partial charge on any atom is 0.217 e. The van der Waals surface area contributed by atoms with Gasteiger partial charge in [0.1, 0.15) is 287 Å². The van der Waals surface area contributed by atoms with E-state index in [1.807, 2.05) is 0 Å². The van der Waals surface area contributed by atoms with Gasteiger partial charge in [-0.2, -0.15) is 0 Å². The Bertz CT molecular complexity index is 4110. The standard InChI is InChI=1S/C82H137N5O60/c1-18-40(101)51(112)56(117)76(128-18)127-17-34-68(46(107)35(71(124)129-34)83-19(2)96)141-74-38(86-22(5)99)49(110)66(30(13-94)135-74)145-81-62(123)69(45(106)33(139-81)16-126-77-57(118)55(116)44(105)32(138-77)15-125-72-36(84-20(3)97)47(108)63(27(10-91)133-72)142-78-58(119)52(113)41(102)24(7-88)130-78)146-82-70(147-75-39(87-23(6)100)50(111)65(29(12-93)136-75)144-80-60(121)54(115)43(104)26(9-90)132-80)61(122)67(31(14-95)137-82)140-73-37(85-21(4)98)48(109)64(28(11-92)134-73)143-79-59(120)53(114)42(103)25(8-89)131-79/h18,24-82,88-95,101-124H,7-17H2,1-6H3,(H,83,96)(H,84,97)(H,85,98)(H,86,99)(H,87,100)/t18-,24+,25+,26+,27+,28+,29+,30+,31+,32+,33+,34+,35+,36+,37+,38+,39+,40+,41-,42-,43-,44+,45+,46+,47+,48+,49+,50+,51+,52-,53-,54-,55-,56-,57-,58+,59+,60+,61-,62-,63+,64+,65+,66+,67+,68+,69-,70-,71+,72+,73-,74-,75-,76+,77-,78-,79-,80-,81-,82+/m0/s1. The molecule has 0 spiro atoms. The van der Waals surface area contributed by atoms with Gasteiger partial charge in [0.2, 0.25) is 29.5 Å². The van der Waals surface area contributed by atoms with Crippen LogP contribution in [0.15, 0.2) is 0 Å². The highest BCUT2D eigenvalue weighted by atomic mass is 16.8. The Morgan fingerprint density at radius 3 is 0.769 bits per heavy atom. The molecule has 60 atom stereocenters. The molecule has 37 N–H and O–H groups in total. The predicted octanol–water partition coefficient (Wildman–Crippen LogP) is -25.4. The average Bonchev–Trinajstić information content (AvgIpc) is 0.750. The highest BCUT2D eigenvalue weighted by Crippen LogP contribution is 2.43. The molecule has 0 aromatic heterocycles. The van der Waals surface area contributed by atoms with E-state index < -0.39 is 470 Å². The van der Waals surface area contributed by atoms with Crippen molar-refractivity contribution in [1.29, 1.82) is 0 Å². The molecule has 12 fully saturated rings. The first-order chi connectivity index (χ1) is 69.5. The number of hydrogen-bond donors (Lipinski definition) is 37. The van der Waals surface area contributed by atoms with Crippen LogP contribution in [0.1, 0.15) is 41.5 Å². The Hall–Kier alpha value is -4.85. The van der Waals surface area contributed by atoms with E-state index in [-0.39, 0.29) is 0 Å². The van der Waals surface area contributed by atoms with E-state index in [4.69, 9.17) is 109 Å². The molecule has 12 aliphatic heterocycles. The largest absolute Gasteiger partial charge is 0.394 e. The molecule has 12 heterocycles. The quantitative estimate of drug-likeness (QED) is 0.0273. The van der Waals surface area contributed by atoms with E-state index in [2.05, 4.69) is 26.6 Å². The number of carbonyl (C=O) groups excluding carboxylic acids is 5. The van der Waals surface area contributed by atoms with Gasteiger partial charge < -0.3 is 299 Å². The fourth-order valence-electron chi connectivity index (χ4n) is 19.1. The first-order valence-corrected chi connectivity index (χ1v) is 47.0. The van der Waals surface area contributed by atoms with Crippen LogP contribution in [0.5, 0.6) is 0 Å². The molecule has 0 saturated carbocycles. The molecular weight excluding hydrogens is 2010 g/mol. The maximum atomic E-state index is 13.5. The van der Waals surface area contributed by atoms with Crippen molar-refractivity contribution in [3.05, 3.63) is 0 Å². The lowest BCUT2D eigenvalue weighted by atomic mass is 9.93. The number of aliphatic hydroxyl groups is 32. The van der Waals surface area contributed by atoms with E-state index in [0.29, 0.717) is 0 Å². The second-order valence-corrected chi connectivity index (χ2v) is 37.4. The van der Waals surface area contributed by atoms with Gasteiger partial charge >= 0.3 is 0 Å². The number of nitrogens with one attached hydrogen (secondary N) is 5. The normalized spacial score (nSPS) is 49.6. The van der Waals surface area contributed by atoms with Crippen LogP contribution in [0.25, 0.3) is 0 Å². The number of ether oxygens (including phenoxy) is 23. The highest BCUT2D eigenvalue weighted by Gasteiger charge is 2.64. The molecule has 850 valence electrons. The van der Waals surface area contributed by atoms with Crippen LogP contribution >= 0.6 is 0 Å². The fourth-order valence-corrected chi connectivity index (χ4v) is 19.1. The molecule has 12 rings (SSSR count). The van der Waals surface area contributed by atoms with E-state index in [1.54, 1.807) is 0 Å². The van der Waals surface area contributed by atoms with Gasteiger partial charge in [0.25, 0.3) is 0 Å². The van der Waals surface area contributed by atoms with E-state index >= 15 is 0 Å². The van der Waals surface area contributed by atoms with Gasteiger partial charge in [-0.1, -0.05) is 0 Å². The number of amides is 5. The lowest BCUT2D eigenvalue weighted by Gasteiger charge is -2.52. The summed E-state index contributed by atoms with van der Waals surface area (Å²) in [5.41, 5.74) is 0. The van der Waals surface area contributed by atoms with Crippen LogP contribution < -0.4 is 26.6 Å². The third kappa shape index (κ3) is 27.0. The Kier molecular flexibility index (Phi) is 43.4. The average molecular weight is 2150 g/mol. The molecule has 0 aromatic carbocycles. The maximum absolute atomic E-state index is 13.5. The van der Waals surface area contributed by atoms with Gasteiger partial charge in [0.15, 0.2) is 75.5 Å². The Balaban J connectivity index is 0.898. The monoisotopic (exact) mass is 2150 g/mol. The lowest BCUT2D eigenvalue weighted by Crippen LogP contribution is -2.71. The summed E-state index contributed by atoms with van der Waals surface area (Å²) in [4.78, 5) is 65.6. The van der Waals surface area contributed by atoms with Crippen molar-refractivity contribution in [2.24, 2.45) is 0 Å². The first-order valence-electron chi connectivity index (χ1n) is 47.0. The third-order valence-corrected chi connectivity index (χ3v) is 27.0. The summed E-state index contributed by atoms with van der Waals surface area (Å²) in [6, 6.07) is -9.94. The molecule has 0 aliphatic carbocycles. The van der Waals surface area contributed by atoms with Gasteiger partial charge in [0.05, 0.1) is 78.8 Å². The molecule has 0 radical (unpaired) electrons. The molecule has 0 bridgehead atoms. The van der Waals surface area contributed by atoms with Crippen LogP contribution in [-0.4, -0.2) is 634 Å². The molecule has 12 saturated heterocycles. The van der Waals surface area contributed by atoms with Crippen molar-refractivity contribution in [1.82, 2.24) is 26.6 Å². The minimum absolute atomic E-state index is 0.861. The summed E-state index contributed by atoms with van der Waals surface area (Å²) >= 11 is 0. The van der Waals surface area contributed by atoms with Crippen molar-refractivity contribution >= 4 is 29.5 Å². The zero-order chi connectivity index (χ0) is 108. The zero-order valence-corrected chi connectivity index (χ0v) is 79.2. The topological polar surface area (TPSA) is 1010 Å². The first kappa shape index (κ1) is 121. The number of rotatable bonds is 38. The summed E-state index contributed by atoms with van der Waals surface area (Å²) in [7, 11) is 0. The van der Waals surface area contributed by atoms with Gasteiger partial charge in [-0.25, -0.2) is 0 Å². The molecule has 65 heteroatoms. The van der Waals surface area contributed by atoms with Crippen LogP contribution in [0, 0.1) is 0 Å². The van der Waals surface area contributed by atoms with E-state index in [9.17, 15) is 187 Å². The van der Waals surface area contributed by atoms with Crippen molar-refractivity contribution in [3.63, 3.8) is 0 Å². The Morgan fingerprint density at radius 1 is 0.190 bits per heavy atom. The molecule has 147 heavy (non-hydrogen) atoms. The summed E-state index contributed by atoms with van der Waals surface area (Å²) in [5, 5.41) is 373. The minimum atomic E-state index is -2.77. The second kappa shape index (κ2) is 52.8. The molecule has 0 aromatic rings. The smallest absolute Gasteiger partial charge is 0.217 e. The molecule has 0 unspecified atom stereocenters. The summed E-state index contributed by atoms with van der Waals surface area (Å²) in [6.45, 7) is -6.76. The van der Waals surface area contributed by atoms with E-state index in [1.165, 1.54) is 6.92 Å². The molecule has 5 amide bonds. The van der Waals surface area contributed by atoms with Crippen molar-refractivity contribution in [3.8, 4) is 0 Å². The summed E-state index contributed by atoms with van der Waals surface area (Å²) in [6.07, 6.45) is -118. The van der Waals surface area contributed by atoms with Crippen LogP contribution in [0.4, 0.5) is 0 Å². The van der Waals surface area contributed by atoms with E-state index in [0.717, 1.165) is 34.6 Å². The predicted molar refractivity (Wildman–Crippen MR) is 452 cm³/mol. The number of hydrogen-bond acceptors (Lipinski definition) is 60. The molecular formula is C82H137N5O60. The number of aliphatic hydroxyl groups excluding tert-OH is 32. The van der Waals surface area contributed by atoms with Crippen molar-refractivity contribution in [2.45, 2.75) is 410 Å². The highest BCUT2D eigenvalue weighted by molar-refractivity contribution is 5.75. The molecule has 12 aliphatic rings. The summed E-state index contributed by atoms with van der Waals surface area (Å²) < 4.78 is 138. The Labute approximate surface area is 832 Å². The molecule has 65 nitrogen and oxygen atoms in total. The minimum Gasteiger partial charge on any atom is -0.394 e. The van der Waals surface area contributed by atoms with Crippen LogP contribution in [0.2, 0.25) is 0 Å². The fraction of sp³-hybridized carbons (Fsp3) is 0.939. The SMILES string of the molecule is CC(=O)N[C@@H]1[C@@H](O)[C@H](O[C@@H]2O[C@H](CO)[C@@H](O[C@@H]3O[C@H](CO[C@H]4O[C@H](CO[C@@H]5O[C@H](CO)[C@@H](O[C@@H]6O[C@H](CO)[C@H](O)[C@H](O)[C@H]6O)[C@H](O)[C@H]5NC(C)=O)[C@@H](O)[C@H](O)[C@@H]4O)[C@@H](O)[C@H](O[C@H]4O[C@H](CO)[C@@H](O[C@@H]5O[C@H](CO)[C@@H](O[C@@H]6O[C@H](CO)[C@H](O)[C@H](O)[C@H]6O)[C@H](O)[C@H]5NC(C)=O)[C@H](O)[C@@H]4O[C@@H]4O[C@H](CO)[C@@H](O[C@@H]5O[C@H](CO)[C@H](O)[C@H](O)[C@H]5O)[C@H](O)[C@H]4NC(C)=O)[C@@H]3O)[C@H](O)[C@H]2NC(C)=O)[C@@H](CO[C@@H]2O[C@@H](C)[C@@H](O)[C@@H](O)[C@@H]2O)O[C@H]1O. The van der Waals surface area contributed by atoms with Crippen molar-refractivity contribution in [2.75, 3.05) is 72.7 Å². The van der Waals surface area contributed by atoms with Crippen LogP contribution in [-0.2, 0) is 133 Å². The number of carbonyl (C=O) groups is 5. The van der Waals surface area contributed by atoms with Gasteiger partial charge in [-0.15, -0.1) is 0 Å². The van der Waals surface area contributed by atoms with Crippen molar-refractivity contribution < 1.29 is 296 Å². The van der Waals surface area contributed by atoms with Gasteiger partial charge in [-0.05, 0) is 6.92 Å².